The maximum absolute atomic E-state index is 13.1. The third-order valence-corrected chi connectivity index (χ3v) is 7.49. The van der Waals surface area contributed by atoms with Crippen molar-refractivity contribution in [1.29, 1.82) is 0 Å². The first-order valence-corrected chi connectivity index (χ1v) is 11.3. The van der Waals surface area contributed by atoms with E-state index in [0.29, 0.717) is 27.4 Å². The summed E-state index contributed by atoms with van der Waals surface area (Å²) in [4.78, 5) is 14.6. The molecule has 1 amide bonds. The lowest BCUT2D eigenvalue weighted by Crippen LogP contribution is -2.50. The number of aromatic nitrogens is 2. The van der Waals surface area contributed by atoms with E-state index in [1.807, 2.05) is 0 Å². The van der Waals surface area contributed by atoms with Gasteiger partial charge in [-0.15, -0.1) is 0 Å². The summed E-state index contributed by atoms with van der Waals surface area (Å²) >= 11 is 6.94. The number of carbonyl (C=O) groups is 1. The van der Waals surface area contributed by atoms with Gasteiger partial charge in [-0.2, -0.15) is 13.1 Å². The SMILES string of the molecule is COc1cc(Cl)ccc1C(=O)N1CCN(S(=O)(=O)c2cccc3nsnc23)CC1. The standard InChI is InChI=1S/C18H17ClN4O4S2/c1-27-15-11-12(19)5-6-13(15)18(24)22-7-9-23(10-8-22)29(25,26)16-4-2-3-14-17(16)21-28-20-14/h2-6,11H,7-10H2,1H3. The molecule has 0 bridgehead atoms. The number of piperazine rings is 1. The van der Waals surface area contributed by atoms with E-state index in [0.717, 1.165) is 11.7 Å². The van der Waals surface area contributed by atoms with Gasteiger partial charge in [0.25, 0.3) is 5.91 Å². The molecule has 1 fully saturated rings. The van der Waals surface area contributed by atoms with E-state index < -0.39 is 10.0 Å². The summed E-state index contributed by atoms with van der Waals surface area (Å²) in [5.41, 5.74) is 1.33. The molecule has 0 radical (unpaired) electrons. The highest BCUT2D eigenvalue weighted by atomic mass is 35.5. The van der Waals surface area contributed by atoms with Crippen molar-refractivity contribution in [2.75, 3.05) is 33.3 Å². The Morgan fingerprint density at radius 3 is 2.62 bits per heavy atom. The van der Waals surface area contributed by atoms with Crippen LogP contribution in [0.3, 0.4) is 0 Å². The zero-order chi connectivity index (χ0) is 20.6. The monoisotopic (exact) mass is 452 g/mol. The van der Waals surface area contributed by atoms with E-state index in [4.69, 9.17) is 16.3 Å². The minimum atomic E-state index is -3.73. The number of carbonyl (C=O) groups excluding carboxylic acids is 1. The average molecular weight is 453 g/mol. The predicted molar refractivity (Wildman–Crippen MR) is 110 cm³/mol. The topological polar surface area (TPSA) is 92.7 Å². The van der Waals surface area contributed by atoms with Crippen molar-refractivity contribution in [3.8, 4) is 5.75 Å². The van der Waals surface area contributed by atoms with E-state index in [2.05, 4.69) is 8.75 Å². The van der Waals surface area contributed by atoms with Gasteiger partial charge in [-0.1, -0.05) is 17.7 Å². The molecule has 152 valence electrons. The maximum Gasteiger partial charge on any atom is 0.257 e. The zero-order valence-corrected chi connectivity index (χ0v) is 17.8. The van der Waals surface area contributed by atoms with E-state index >= 15 is 0 Å². The van der Waals surface area contributed by atoms with Crippen molar-refractivity contribution in [3.05, 3.63) is 47.0 Å². The highest BCUT2D eigenvalue weighted by Crippen LogP contribution is 2.27. The fraction of sp³-hybridized carbons (Fsp3) is 0.278. The van der Waals surface area contributed by atoms with Crippen LogP contribution in [0.15, 0.2) is 41.3 Å². The Morgan fingerprint density at radius 2 is 1.90 bits per heavy atom. The van der Waals surface area contributed by atoms with Crippen LogP contribution in [0.25, 0.3) is 11.0 Å². The second-order valence-electron chi connectivity index (χ2n) is 6.43. The summed E-state index contributed by atoms with van der Waals surface area (Å²) in [5, 5.41) is 0.472. The molecule has 11 heteroatoms. The molecule has 4 rings (SSSR count). The molecule has 1 aliphatic rings. The molecule has 2 heterocycles. The largest absolute Gasteiger partial charge is 0.496 e. The van der Waals surface area contributed by atoms with Crippen LogP contribution in [0.5, 0.6) is 5.75 Å². The normalized spacial score (nSPS) is 15.6. The van der Waals surface area contributed by atoms with Gasteiger partial charge in [0, 0.05) is 31.2 Å². The predicted octanol–water partition coefficient (Wildman–Crippen LogP) is 2.50. The smallest absolute Gasteiger partial charge is 0.257 e. The number of amides is 1. The van der Waals surface area contributed by atoms with Crippen LogP contribution in [0.2, 0.25) is 5.02 Å². The van der Waals surface area contributed by atoms with Crippen LogP contribution >= 0.6 is 23.3 Å². The average Bonchev–Trinajstić information content (AvgIpc) is 3.22. The third-order valence-electron chi connectivity index (χ3n) is 4.79. The number of methoxy groups -OCH3 is 1. The van der Waals surface area contributed by atoms with Gasteiger partial charge in [-0.25, -0.2) is 8.42 Å². The molecule has 29 heavy (non-hydrogen) atoms. The van der Waals surface area contributed by atoms with Crippen molar-refractivity contribution in [3.63, 3.8) is 0 Å². The third kappa shape index (κ3) is 3.68. The Bertz CT molecular complexity index is 1170. The molecular formula is C18H17ClN4O4S2. The van der Waals surface area contributed by atoms with Crippen LogP contribution in [0.4, 0.5) is 0 Å². The van der Waals surface area contributed by atoms with E-state index in [1.165, 1.54) is 17.5 Å². The lowest BCUT2D eigenvalue weighted by atomic mass is 10.1. The number of fused-ring (bicyclic) bond motifs is 1. The Morgan fingerprint density at radius 1 is 1.14 bits per heavy atom. The molecule has 0 spiro atoms. The number of ether oxygens (including phenoxy) is 1. The number of sulfonamides is 1. The van der Waals surface area contributed by atoms with E-state index in [9.17, 15) is 13.2 Å². The molecule has 2 aromatic carbocycles. The molecule has 0 saturated carbocycles. The molecule has 1 saturated heterocycles. The van der Waals surface area contributed by atoms with Crippen molar-refractivity contribution in [1.82, 2.24) is 18.0 Å². The number of benzene rings is 2. The van der Waals surface area contributed by atoms with Gasteiger partial charge < -0.3 is 9.64 Å². The second kappa shape index (κ2) is 7.86. The van der Waals surface area contributed by atoms with Crippen molar-refractivity contribution in [2.24, 2.45) is 0 Å². The second-order valence-corrected chi connectivity index (χ2v) is 9.30. The molecule has 0 unspecified atom stereocenters. The van der Waals surface area contributed by atoms with Crippen molar-refractivity contribution in [2.45, 2.75) is 4.90 Å². The molecule has 1 aromatic heterocycles. The minimum absolute atomic E-state index is 0.142. The van der Waals surface area contributed by atoms with Crippen LogP contribution in [-0.4, -0.2) is 65.6 Å². The van der Waals surface area contributed by atoms with Crippen LogP contribution in [-0.2, 0) is 10.0 Å². The molecule has 1 aliphatic heterocycles. The minimum Gasteiger partial charge on any atom is -0.496 e. The van der Waals surface area contributed by atoms with Gasteiger partial charge in [0.05, 0.1) is 24.4 Å². The van der Waals surface area contributed by atoms with Gasteiger partial charge in [-0.05, 0) is 30.3 Å². The summed E-state index contributed by atoms with van der Waals surface area (Å²) in [6.45, 7) is 0.931. The lowest BCUT2D eigenvalue weighted by Gasteiger charge is -2.34. The first-order chi connectivity index (χ1) is 13.9. The highest BCUT2D eigenvalue weighted by Gasteiger charge is 2.32. The zero-order valence-electron chi connectivity index (χ0n) is 15.4. The molecule has 8 nitrogen and oxygen atoms in total. The summed E-state index contributed by atoms with van der Waals surface area (Å²) in [7, 11) is -2.26. The summed E-state index contributed by atoms with van der Waals surface area (Å²) in [6, 6.07) is 9.74. The number of halogens is 1. The van der Waals surface area contributed by atoms with Crippen LogP contribution < -0.4 is 4.74 Å². The van der Waals surface area contributed by atoms with Gasteiger partial charge in [0.1, 0.15) is 21.7 Å². The van der Waals surface area contributed by atoms with E-state index in [-0.39, 0.29) is 37.0 Å². The molecular weight excluding hydrogens is 436 g/mol. The van der Waals surface area contributed by atoms with Crippen molar-refractivity contribution >= 4 is 50.3 Å². The quantitative estimate of drug-likeness (QED) is 0.603. The number of rotatable bonds is 4. The Hall–Kier alpha value is -2.27. The molecule has 0 atom stereocenters. The molecule has 0 aliphatic carbocycles. The Labute approximate surface area is 177 Å². The van der Waals surface area contributed by atoms with Gasteiger partial charge in [0.15, 0.2) is 0 Å². The fourth-order valence-electron chi connectivity index (χ4n) is 3.27. The van der Waals surface area contributed by atoms with E-state index in [1.54, 1.807) is 35.2 Å². The molecule has 0 N–H and O–H groups in total. The highest BCUT2D eigenvalue weighted by molar-refractivity contribution is 7.89. The fourth-order valence-corrected chi connectivity index (χ4v) is 5.61. The van der Waals surface area contributed by atoms with Gasteiger partial charge in [0.2, 0.25) is 10.0 Å². The summed E-state index contributed by atoms with van der Waals surface area (Å²) in [6.07, 6.45) is 0. The molecule has 3 aromatic rings. The van der Waals surface area contributed by atoms with Gasteiger partial charge >= 0.3 is 0 Å². The number of hydrogen-bond donors (Lipinski definition) is 0. The number of hydrogen-bond acceptors (Lipinski definition) is 7. The lowest BCUT2D eigenvalue weighted by molar-refractivity contribution is 0.0694. The van der Waals surface area contributed by atoms with Crippen LogP contribution in [0, 0.1) is 0 Å². The first-order valence-electron chi connectivity index (χ1n) is 8.76. The van der Waals surface area contributed by atoms with Crippen LogP contribution in [0.1, 0.15) is 10.4 Å². The first kappa shape index (κ1) is 20.0. The van der Waals surface area contributed by atoms with Gasteiger partial charge in [-0.3, -0.25) is 4.79 Å². The number of nitrogens with zero attached hydrogens (tertiary/aromatic N) is 4. The summed E-state index contributed by atoms with van der Waals surface area (Å²) in [5.74, 6) is 0.168. The Balaban J connectivity index is 1.52. The van der Waals surface area contributed by atoms with Crippen molar-refractivity contribution < 1.29 is 17.9 Å². The summed E-state index contributed by atoms with van der Waals surface area (Å²) < 4.78 is 41.1. The maximum atomic E-state index is 13.1. The Kier molecular flexibility index (Phi) is 5.43.